The van der Waals surface area contributed by atoms with Gasteiger partial charge in [-0.15, -0.1) is 0 Å². The first kappa shape index (κ1) is 16.4. The third-order valence-corrected chi connectivity index (χ3v) is 3.78. The minimum absolute atomic E-state index is 0.182. The molecule has 1 amide bonds. The van der Waals surface area contributed by atoms with Crippen LogP contribution >= 0.6 is 0 Å². The number of carbonyl (C=O) groups excluding carboxylic acids is 1. The highest BCUT2D eigenvalue weighted by molar-refractivity contribution is 6.00. The number of nitrogens with zero attached hydrogens (tertiary/aromatic N) is 2. The zero-order chi connectivity index (χ0) is 17.8. The average Bonchev–Trinajstić information content (AvgIpc) is 3.11. The third kappa shape index (κ3) is 3.92. The number of nitrogens with one attached hydrogen (secondary N) is 2. The highest BCUT2D eigenvalue weighted by Crippen LogP contribution is 2.18. The molecule has 0 radical (unpaired) electrons. The van der Waals surface area contributed by atoms with E-state index in [-0.39, 0.29) is 11.7 Å². The zero-order valence-electron chi connectivity index (χ0n) is 13.9. The molecule has 25 heavy (non-hydrogen) atoms. The molecule has 3 N–H and O–H groups in total. The third-order valence-electron chi connectivity index (χ3n) is 3.78. The molecule has 6 heteroatoms. The van der Waals surface area contributed by atoms with Crippen molar-refractivity contribution in [1.82, 2.24) is 15.6 Å². The van der Waals surface area contributed by atoms with Gasteiger partial charge in [0.2, 0.25) is 0 Å². The first-order valence-corrected chi connectivity index (χ1v) is 7.79. The van der Waals surface area contributed by atoms with Gasteiger partial charge in [-0.25, -0.2) is 5.43 Å². The van der Waals surface area contributed by atoms with E-state index >= 15 is 0 Å². The van der Waals surface area contributed by atoms with Crippen LogP contribution in [0.25, 0.3) is 11.3 Å². The van der Waals surface area contributed by atoms with Crippen LogP contribution in [0.4, 0.5) is 0 Å². The van der Waals surface area contributed by atoms with Crippen LogP contribution in [0.5, 0.6) is 5.75 Å². The second-order valence-electron chi connectivity index (χ2n) is 5.72. The maximum atomic E-state index is 12.2. The van der Waals surface area contributed by atoms with Gasteiger partial charge < -0.3 is 5.11 Å². The van der Waals surface area contributed by atoms with E-state index < -0.39 is 0 Å². The number of aryl methyl sites for hydroxylation is 1. The summed E-state index contributed by atoms with van der Waals surface area (Å²) >= 11 is 0. The van der Waals surface area contributed by atoms with Crippen molar-refractivity contribution in [2.75, 3.05) is 0 Å². The Bertz CT molecular complexity index is 909. The minimum Gasteiger partial charge on any atom is -0.508 e. The molecule has 2 aromatic carbocycles. The van der Waals surface area contributed by atoms with Crippen LogP contribution in [-0.4, -0.2) is 26.9 Å². The number of phenolic OH excluding ortho intramolecular Hbond substituents is 1. The summed E-state index contributed by atoms with van der Waals surface area (Å²) in [5.41, 5.74) is 7.07. The summed E-state index contributed by atoms with van der Waals surface area (Å²) in [5.74, 6) is -0.189. The van der Waals surface area contributed by atoms with E-state index in [1.807, 2.05) is 31.2 Å². The predicted molar refractivity (Wildman–Crippen MR) is 96.5 cm³/mol. The summed E-state index contributed by atoms with van der Waals surface area (Å²) in [6.07, 6.45) is 0. The van der Waals surface area contributed by atoms with Crippen LogP contribution in [0.3, 0.4) is 0 Å². The smallest absolute Gasteiger partial charge is 0.289 e. The van der Waals surface area contributed by atoms with Crippen LogP contribution in [0.15, 0.2) is 59.7 Å². The second-order valence-corrected chi connectivity index (χ2v) is 5.72. The van der Waals surface area contributed by atoms with Crippen LogP contribution in [0.1, 0.15) is 28.5 Å². The minimum atomic E-state index is -0.371. The molecule has 0 fully saturated rings. The Hall–Kier alpha value is -3.41. The fourth-order valence-electron chi connectivity index (χ4n) is 2.27. The Kier molecular flexibility index (Phi) is 4.61. The molecule has 0 bridgehead atoms. The van der Waals surface area contributed by atoms with E-state index in [2.05, 4.69) is 20.7 Å². The van der Waals surface area contributed by atoms with Gasteiger partial charge in [0, 0.05) is 5.56 Å². The number of hydrogen-bond donors (Lipinski definition) is 3. The number of aromatic amines is 1. The van der Waals surface area contributed by atoms with Crippen molar-refractivity contribution in [1.29, 1.82) is 0 Å². The van der Waals surface area contributed by atoms with Gasteiger partial charge in [-0.1, -0.05) is 29.8 Å². The lowest BCUT2D eigenvalue weighted by atomic mass is 10.1. The summed E-state index contributed by atoms with van der Waals surface area (Å²) < 4.78 is 0. The van der Waals surface area contributed by atoms with Crippen molar-refractivity contribution in [2.24, 2.45) is 5.10 Å². The molecule has 1 heterocycles. The maximum absolute atomic E-state index is 12.2. The number of aromatic hydroxyl groups is 1. The first-order valence-electron chi connectivity index (χ1n) is 7.79. The number of hydrogen-bond acceptors (Lipinski definition) is 4. The lowest BCUT2D eigenvalue weighted by molar-refractivity contribution is 0.0950. The van der Waals surface area contributed by atoms with E-state index in [0.29, 0.717) is 17.1 Å². The number of aromatic nitrogens is 2. The molecule has 0 atom stereocenters. The lowest BCUT2D eigenvalue weighted by Gasteiger charge is -2.02. The van der Waals surface area contributed by atoms with Gasteiger partial charge in [0.05, 0.1) is 11.4 Å². The summed E-state index contributed by atoms with van der Waals surface area (Å²) in [6, 6.07) is 16.2. The summed E-state index contributed by atoms with van der Waals surface area (Å²) in [6.45, 7) is 3.79. The van der Waals surface area contributed by atoms with E-state index in [1.165, 1.54) is 0 Å². The van der Waals surface area contributed by atoms with Gasteiger partial charge in [0.15, 0.2) is 0 Å². The van der Waals surface area contributed by atoms with Gasteiger partial charge in [-0.05, 0) is 49.7 Å². The Morgan fingerprint density at radius 3 is 2.48 bits per heavy atom. The molecule has 1 aromatic heterocycles. The summed E-state index contributed by atoms with van der Waals surface area (Å²) in [7, 11) is 0. The molecule has 0 aliphatic heterocycles. The molecular formula is C19H18N4O2. The normalized spacial score (nSPS) is 11.4. The van der Waals surface area contributed by atoms with E-state index in [1.54, 1.807) is 37.3 Å². The molecule has 6 nitrogen and oxygen atoms in total. The van der Waals surface area contributed by atoms with Crippen molar-refractivity contribution in [3.63, 3.8) is 0 Å². The van der Waals surface area contributed by atoms with E-state index in [4.69, 9.17) is 0 Å². The number of hydrazone groups is 1. The van der Waals surface area contributed by atoms with Crippen molar-refractivity contribution in [2.45, 2.75) is 13.8 Å². The predicted octanol–water partition coefficient (Wildman–Crippen LogP) is 3.24. The van der Waals surface area contributed by atoms with E-state index in [9.17, 15) is 9.90 Å². The monoisotopic (exact) mass is 334 g/mol. The summed E-state index contributed by atoms with van der Waals surface area (Å²) in [5, 5.41) is 20.3. The highest BCUT2D eigenvalue weighted by atomic mass is 16.3. The van der Waals surface area contributed by atoms with Crippen LogP contribution in [0.2, 0.25) is 0 Å². The number of benzene rings is 2. The van der Waals surface area contributed by atoms with Gasteiger partial charge >= 0.3 is 0 Å². The van der Waals surface area contributed by atoms with Crippen molar-refractivity contribution < 1.29 is 9.90 Å². The van der Waals surface area contributed by atoms with Gasteiger partial charge in [0.1, 0.15) is 11.4 Å². The molecule has 3 rings (SSSR count). The highest BCUT2D eigenvalue weighted by Gasteiger charge is 2.10. The van der Waals surface area contributed by atoms with Crippen LogP contribution in [-0.2, 0) is 0 Å². The van der Waals surface area contributed by atoms with Gasteiger partial charge in [0.25, 0.3) is 5.91 Å². The molecule has 126 valence electrons. The van der Waals surface area contributed by atoms with Crippen molar-refractivity contribution in [3.8, 4) is 17.0 Å². The van der Waals surface area contributed by atoms with Gasteiger partial charge in [-0.3, -0.25) is 9.89 Å². The Morgan fingerprint density at radius 1 is 1.12 bits per heavy atom. The fraction of sp³-hybridized carbons (Fsp3) is 0.105. The molecule has 0 aliphatic rings. The summed E-state index contributed by atoms with van der Waals surface area (Å²) in [4.78, 5) is 12.2. The molecule has 0 aliphatic carbocycles. The molecule has 0 saturated carbocycles. The SMILES string of the molecule is CC(=NNC(=O)c1cc(-c2ccc(C)cc2)n[nH]1)c1ccc(O)cc1. The number of carbonyl (C=O) groups is 1. The first-order chi connectivity index (χ1) is 12.0. The maximum Gasteiger partial charge on any atom is 0.289 e. The molecule has 3 aromatic rings. The quantitative estimate of drug-likeness (QED) is 0.505. The molecule has 0 spiro atoms. The van der Waals surface area contributed by atoms with Gasteiger partial charge in [-0.2, -0.15) is 10.2 Å². The molecule has 0 saturated heterocycles. The number of phenols is 1. The zero-order valence-corrected chi connectivity index (χ0v) is 13.9. The number of H-pyrrole nitrogens is 1. The Morgan fingerprint density at radius 2 is 1.80 bits per heavy atom. The number of amides is 1. The largest absolute Gasteiger partial charge is 0.508 e. The van der Waals surface area contributed by atoms with E-state index in [0.717, 1.165) is 16.7 Å². The van der Waals surface area contributed by atoms with Crippen LogP contribution in [0, 0.1) is 6.92 Å². The molecular weight excluding hydrogens is 316 g/mol. The Labute approximate surface area is 145 Å². The average molecular weight is 334 g/mol. The fourth-order valence-corrected chi connectivity index (χ4v) is 2.27. The Balaban J connectivity index is 1.70. The van der Waals surface area contributed by atoms with Crippen LogP contribution < -0.4 is 5.43 Å². The standard InChI is InChI=1S/C19H18N4O2/c1-12-3-5-15(6-4-12)17-11-18(22-21-17)19(25)23-20-13(2)14-7-9-16(24)10-8-14/h3-11,24H,1-2H3,(H,21,22)(H,23,25). The van der Waals surface area contributed by atoms with Crippen molar-refractivity contribution in [3.05, 3.63) is 71.4 Å². The second kappa shape index (κ2) is 7.00. The van der Waals surface area contributed by atoms with Crippen molar-refractivity contribution >= 4 is 11.6 Å². The lowest BCUT2D eigenvalue weighted by Crippen LogP contribution is -2.19. The topological polar surface area (TPSA) is 90.4 Å². The molecule has 0 unspecified atom stereocenters. The number of rotatable bonds is 4.